The molecule has 3 unspecified atom stereocenters. The predicted molar refractivity (Wildman–Crippen MR) is 71.1 cm³/mol. The van der Waals surface area contributed by atoms with Gasteiger partial charge in [0.15, 0.2) is 0 Å². The molecular weight excluding hydrogens is 301 g/mol. The van der Waals surface area contributed by atoms with Crippen molar-refractivity contribution in [2.45, 2.75) is 38.0 Å². The van der Waals surface area contributed by atoms with Gasteiger partial charge in [0.25, 0.3) is 0 Å². The largest absolute Gasteiger partial charge is 0.487 e. The summed E-state index contributed by atoms with van der Waals surface area (Å²) in [5.74, 6) is 0.179. The maximum Gasteiger partial charge on any atom is 0.128 e. The molecule has 0 aromatic heterocycles. The molecule has 1 aliphatic rings. The van der Waals surface area contributed by atoms with Gasteiger partial charge in [-0.3, -0.25) is 0 Å². The summed E-state index contributed by atoms with van der Waals surface area (Å²) in [6.07, 6.45) is 1.51. The Hall–Kier alpha value is -0.650. The van der Waals surface area contributed by atoms with Crippen LogP contribution in [0.5, 0.6) is 5.75 Å². The fourth-order valence-corrected chi connectivity index (χ4v) is 2.43. The van der Waals surface area contributed by atoms with Crippen LogP contribution >= 0.6 is 15.9 Å². The van der Waals surface area contributed by atoms with Crippen molar-refractivity contribution in [2.24, 2.45) is 5.73 Å². The van der Waals surface area contributed by atoms with E-state index in [1.54, 1.807) is 6.07 Å². The number of halogens is 2. The summed E-state index contributed by atoms with van der Waals surface area (Å²) in [6.45, 7) is 2.72. The first kappa shape index (κ1) is 13.8. The van der Waals surface area contributed by atoms with Gasteiger partial charge in [-0.15, -0.1) is 0 Å². The predicted octanol–water partition coefficient (Wildman–Crippen LogP) is 2.86. The van der Waals surface area contributed by atoms with Crippen molar-refractivity contribution in [3.8, 4) is 5.75 Å². The molecule has 0 radical (unpaired) electrons. The van der Waals surface area contributed by atoms with Gasteiger partial charge >= 0.3 is 0 Å². The van der Waals surface area contributed by atoms with Crippen LogP contribution in [0.25, 0.3) is 0 Å². The van der Waals surface area contributed by atoms with E-state index >= 15 is 0 Å². The molecule has 0 aliphatic heterocycles. The highest BCUT2D eigenvalue weighted by Gasteiger charge is 2.41. The fourth-order valence-electron chi connectivity index (χ4n) is 1.99. The summed E-state index contributed by atoms with van der Waals surface area (Å²) in [5, 5.41) is 0. The van der Waals surface area contributed by atoms with E-state index in [0.29, 0.717) is 16.8 Å². The number of nitrogens with two attached hydrogens (primary N) is 1. The second-order valence-electron chi connectivity index (χ2n) is 4.50. The molecule has 1 fully saturated rings. The van der Waals surface area contributed by atoms with Gasteiger partial charge < -0.3 is 15.2 Å². The molecule has 3 atom stereocenters. The smallest absolute Gasteiger partial charge is 0.128 e. The molecule has 18 heavy (non-hydrogen) atoms. The van der Waals surface area contributed by atoms with Gasteiger partial charge in [-0.1, -0.05) is 22.9 Å². The lowest BCUT2D eigenvalue weighted by atomic mass is 9.86. The maximum absolute atomic E-state index is 13.2. The topological polar surface area (TPSA) is 44.5 Å². The third kappa shape index (κ3) is 3.22. The van der Waals surface area contributed by atoms with Gasteiger partial charge in [0, 0.05) is 29.6 Å². The molecule has 2 rings (SSSR count). The van der Waals surface area contributed by atoms with E-state index in [1.807, 2.05) is 6.92 Å². The third-order valence-corrected chi connectivity index (χ3v) is 3.39. The second-order valence-corrected chi connectivity index (χ2v) is 5.41. The number of hydrogen-bond donors (Lipinski definition) is 1. The highest BCUT2D eigenvalue weighted by atomic mass is 79.9. The second kappa shape index (κ2) is 5.99. The number of rotatable bonds is 5. The van der Waals surface area contributed by atoms with Crippen LogP contribution in [-0.4, -0.2) is 24.9 Å². The van der Waals surface area contributed by atoms with Crippen LogP contribution < -0.4 is 10.5 Å². The molecule has 100 valence electrons. The van der Waals surface area contributed by atoms with E-state index in [0.717, 1.165) is 12.8 Å². The summed E-state index contributed by atoms with van der Waals surface area (Å²) in [5.41, 5.74) is 5.88. The minimum Gasteiger partial charge on any atom is -0.487 e. The Bertz CT molecular complexity index is 396. The minimum atomic E-state index is -0.325. The normalized spacial score (nSPS) is 26.8. The molecule has 0 saturated heterocycles. The lowest BCUT2D eigenvalue weighted by Gasteiger charge is -2.41. The first-order valence-electron chi connectivity index (χ1n) is 6.10. The van der Waals surface area contributed by atoms with Gasteiger partial charge in [-0.05, 0) is 18.6 Å². The lowest BCUT2D eigenvalue weighted by Crippen LogP contribution is -2.59. The van der Waals surface area contributed by atoms with Crippen LogP contribution in [0.3, 0.4) is 0 Å². The van der Waals surface area contributed by atoms with Crippen LogP contribution in [-0.2, 0) is 4.74 Å². The van der Waals surface area contributed by atoms with E-state index < -0.39 is 0 Å². The van der Waals surface area contributed by atoms with Crippen molar-refractivity contribution in [2.75, 3.05) is 6.61 Å². The van der Waals surface area contributed by atoms with Crippen LogP contribution in [0.1, 0.15) is 19.8 Å². The Kier molecular flexibility index (Phi) is 4.59. The molecule has 1 aromatic rings. The van der Waals surface area contributed by atoms with Gasteiger partial charge in [-0.25, -0.2) is 4.39 Å². The molecule has 0 spiro atoms. The SMILES string of the molecule is CCCOC1C(N)CC1Oc1cc(F)cc(Br)c1. The first-order chi connectivity index (χ1) is 8.60. The van der Waals surface area contributed by atoms with Crippen molar-refractivity contribution in [1.82, 2.24) is 0 Å². The van der Waals surface area contributed by atoms with E-state index in [9.17, 15) is 4.39 Å². The third-order valence-electron chi connectivity index (χ3n) is 2.93. The van der Waals surface area contributed by atoms with Gasteiger partial charge in [0.2, 0.25) is 0 Å². The zero-order valence-corrected chi connectivity index (χ0v) is 11.8. The van der Waals surface area contributed by atoms with Crippen molar-refractivity contribution >= 4 is 15.9 Å². The Balaban J connectivity index is 1.96. The van der Waals surface area contributed by atoms with E-state index in [2.05, 4.69) is 15.9 Å². The van der Waals surface area contributed by atoms with Crippen LogP contribution in [0, 0.1) is 5.82 Å². The molecule has 0 bridgehead atoms. The Labute approximate surface area is 115 Å². The van der Waals surface area contributed by atoms with Gasteiger partial charge in [0.1, 0.15) is 23.8 Å². The van der Waals surface area contributed by atoms with E-state index in [1.165, 1.54) is 12.1 Å². The molecule has 0 amide bonds. The minimum absolute atomic E-state index is 0.0125. The summed E-state index contributed by atoms with van der Waals surface area (Å²) in [7, 11) is 0. The lowest BCUT2D eigenvalue weighted by molar-refractivity contribution is -0.0980. The number of hydrogen-bond acceptors (Lipinski definition) is 3. The summed E-state index contributed by atoms with van der Waals surface area (Å²) >= 11 is 3.24. The first-order valence-corrected chi connectivity index (χ1v) is 6.89. The van der Waals surface area contributed by atoms with Crippen LogP contribution in [0.4, 0.5) is 4.39 Å². The number of ether oxygens (including phenoxy) is 2. The van der Waals surface area contributed by atoms with Crippen LogP contribution in [0.15, 0.2) is 22.7 Å². The molecular formula is C13H17BrFNO2. The zero-order chi connectivity index (χ0) is 13.1. The number of benzene rings is 1. The molecule has 5 heteroatoms. The average molecular weight is 318 g/mol. The highest BCUT2D eigenvalue weighted by molar-refractivity contribution is 9.10. The quantitative estimate of drug-likeness (QED) is 0.908. The molecule has 0 heterocycles. The maximum atomic E-state index is 13.2. The fraction of sp³-hybridized carbons (Fsp3) is 0.538. The summed E-state index contributed by atoms with van der Waals surface area (Å²) < 4.78 is 25.2. The van der Waals surface area contributed by atoms with Crippen molar-refractivity contribution in [3.63, 3.8) is 0 Å². The van der Waals surface area contributed by atoms with Crippen molar-refractivity contribution in [3.05, 3.63) is 28.5 Å². The molecule has 3 nitrogen and oxygen atoms in total. The summed E-state index contributed by atoms with van der Waals surface area (Å²) in [6, 6.07) is 4.51. The van der Waals surface area contributed by atoms with Crippen molar-refractivity contribution < 1.29 is 13.9 Å². The Morgan fingerprint density at radius 2 is 2.22 bits per heavy atom. The molecule has 1 aliphatic carbocycles. The summed E-state index contributed by atoms with van der Waals surface area (Å²) in [4.78, 5) is 0. The molecule has 2 N–H and O–H groups in total. The standard InChI is InChI=1S/C13H17BrFNO2/c1-2-3-17-13-11(16)7-12(13)18-10-5-8(14)4-9(15)6-10/h4-6,11-13H,2-3,7,16H2,1H3. The average Bonchev–Trinajstić information content (AvgIpc) is 2.27. The Morgan fingerprint density at radius 1 is 1.44 bits per heavy atom. The monoisotopic (exact) mass is 317 g/mol. The Morgan fingerprint density at radius 3 is 2.83 bits per heavy atom. The van der Waals surface area contributed by atoms with Crippen molar-refractivity contribution in [1.29, 1.82) is 0 Å². The molecule has 1 saturated carbocycles. The van der Waals surface area contributed by atoms with E-state index in [4.69, 9.17) is 15.2 Å². The zero-order valence-electron chi connectivity index (χ0n) is 10.2. The van der Waals surface area contributed by atoms with Gasteiger partial charge in [0.05, 0.1) is 0 Å². The van der Waals surface area contributed by atoms with Gasteiger partial charge in [-0.2, -0.15) is 0 Å². The highest BCUT2D eigenvalue weighted by Crippen LogP contribution is 2.29. The van der Waals surface area contributed by atoms with Crippen LogP contribution in [0.2, 0.25) is 0 Å². The molecule has 1 aromatic carbocycles. The van der Waals surface area contributed by atoms with E-state index in [-0.39, 0.29) is 24.1 Å².